The molecule has 4 fully saturated rings. The molecule has 1 spiro atoms. The van der Waals surface area contributed by atoms with Gasteiger partial charge in [-0.15, -0.1) is 0 Å². The van der Waals surface area contributed by atoms with Gasteiger partial charge in [-0.2, -0.15) is 0 Å². The number of aryl methyl sites for hydroxylation is 1. The van der Waals surface area contributed by atoms with Crippen molar-refractivity contribution in [3.8, 4) is 0 Å². The molecule has 2 aliphatic heterocycles. The first kappa shape index (κ1) is 14.3. The predicted octanol–water partition coefficient (Wildman–Crippen LogP) is 1.98. The second-order valence-electron chi connectivity index (χ2n) is 8.18. The Labute approximate surface area is 141 Å². The minimum absolute atomic E-state index is 0.0402. The third-order valence-corrected chi connectivity index (χ3v) is 6.61. The molecule has 0 aromatic heterocycles. The fourth-order valence-electron chi connectivity index (χ4n) is 5.23. The number of cyclic esters (lactones) is 1. The number of carbonyl (C=O) groups is 2. The molecule has 1 N–H and O–H groups in total. The number of fused-ring (bicyclic) bond motifs is 1. The number of hydrogen-bond donors (Lipinski definition) is 1. The van der Waals surface area contributed by atoms with Gasteiger partial charge in [0.1, 0.15) is 6.61 Å². The van der Waals surface area contributed by atoms with Crippen LogP contribution >= 0.6 is 0 Å². The first-order valence-electron chi connectivity index (χ1n) is 8.81. The molecule has 2 saturated heterocycles. The molecule has 1 aromatic rings. The van der Waals surface area contributed by atoms with Crippen LogP contribution in [0.4, 0.5) is 4.79 Å². The molecular formula is C19H22N2O3. The van der Waals surface area contributed by atoms with Crippen LogP contribution in [0.25, 0.3) is 0 Å². The first-order valence-corrected chi connectivity index (χ1v) is 8.81. The molecule has 4 aliphatic rings. The van der Waals surface area contributed by atoms with Crippen molar-refractivity contribution in [2.24, 2.45) is 11.8 Å². The maximum Gasteiger partial charge on any atom is 0.407 e. The van der Waals surface area contributed by atoms with E-state index in [4.69, 9.17) is 4.74 Å². The quantitative estimate of drug-likeness (QED) is 0.904. The Hall–Kier alpha value is -2.04. The van der Waals surface area contributed by atoms with Crippen molar-refractivity contribution < 1.29 is 14.3 Å². The SMILES string of the molecule is Cc1ccccc1C12CC1CN(C(=O)C1CC3(COC(=O)N3)C1)C2. The molecule has 2 heterocycles. The highest BCUT2D eigenvalue weighted by atomic mass is 16.6. The molecular weight excluding hydrogens is 304 g/mol. The number of rotatable bonds is 2. The minimum atomic E-state index is -0.346. The van der Waals surface area contributed by atoms with Gasteiger partial charge in [-0.3, -0.25) is 4.79 Å². The Morgan fingerprint density at radius 3 is 2.79 bits per heavy atom. The summed E-state index contributed by atoms with van der Waals surface area (Å²) in [4.78, 5) is 26.1. The van der Waals surface area contributed by atoms with Gasteiger partial charge in [0, 0.05) is 24.4 Å². The number of piperidine rings is 1. The number of carbonyl (C=O) groups excluding carboxylic acids is 2. The molecule has 2 amide bonds. The number of benzene rings is 1. The molecule has 2 aliphatic carbocycles. The van der Waals surface area contributed by atoms with E-state index in [0.29, 0.717) is 12.5 Å². The van der Waals surface area contributed by atoms with Crippen LogP contribution in [0, 0.1) is 18.8 Å². The zero-order valence-electron chi connectivity index (χ0n) is 13.9. The average molecular weight is 326 g/mol. The van der Waals surface area contributed by atoms with Gasteiger partial charge < -0.3 is 15.0 Å². The van der Waals surface area contributed by atoms with Crippen LogP contribution in [0.5, 0.6) is 0 Å². The maximum atomic E-state index is 12.8. The molecule has 5 heteroatoms. The highest BCUT2D eigenvalue weighted by molar-refractivity contribution is 5.82. The lowest BCUT2D eigenvalue weighted by Crippen LogP contribution is -2.58. The Bertz CT molecular complexity index is 740. The van der Waals surface area contributed by atoms with Gasteiger partial charge in [0.25, 0.3) is 0 Å². The summed E-state index contributed by atoms with van der Waals surface area (Å²) < 4.78 is 5.00. The van der Waals surface area contributed by atoms with Gasteiger partial charge in [-0.1, -0.05) is 24.3 Å². The molecule has 5 nitrogen and oxygen atoms in total. The smallest absolute Gasteiger partial charge is 0.407 e. The summed E-state index contributed by atoms with van der Waals surface area (Å²) in [5.74, 6) is 0.923. The normalized spacial score (nSPS) is 39.2. The number of hydrogen-bond acceptors (Lipinski definition) is 3. The van der Waals surface area contributed by atoms with Crippen LogP contribution in [-0.2, 0) is 14.9 Å². The molecule has 0 bridgehead atoms. The van der Waals surface area contributed by atoms with E-state index in [1.54, 1.807) is 0 Å². The Balaban J connectivity index is 1.27. The number of nitrogens with one attached hydrogen (secondary N) is 1. The first-order chi connectivity index (χ1) is 11.5. The highest BCUT2D eigenvalue weighted by Crippen LogP contribution is 2.60. The highest BCUT2D eigenvalue weighted by Gasteiger charge is 2.63. The van der Waals surface area contributed by atoms with Crippen molar-refractivity contribution in [1.29, 1.82) is 0 Å². The number of ether oxygens (including phenoxy) is 1. The van der Waals surface area contributed by atoms with E-state index in [-0.39, 0.29) is 28.9 Å². The monoisotopic (exact) mass is 326 g/mol. The van der Waals surface area contributed by atoms with Crippen molar-refractivity contribution >= 4 is 12.0 Å². The number of nitrogens with zero attached hydrogens (tertiary/aromatic N) is 1. The van der Waals surface area contributed by atoms with E-state index < -0.39 is 0 Å². The lowest BCUT2D eigenvalue weighted by molar-refractivity contribution is -0.140. The van der Waals surface area contributed by atoms with Gasteiger partial charge in [0.15, 0.2) is 0 Å². The van der Waals surface area contributed by atoms with Crippen LogP contribution in [0.1, 0.15) is 30.4 Å². The van der Waals surface area contributed by atoms with Crippen LogP contribution in [-0.4, -0.2) is 42.1 Å². The van der Waals surface area contributed by atoms with Crippen LogP contribution in [0.15, 0.2) is 24.3 Å². The summed E-state index contributed by atoms with van der Waals surface area (Å²) in [7, 11) is 0. The van der Waals surface area contributed by atoms with Crippen molar-refractivity contribution in [2.75, 3.05) is 19.7 Å². The second kappa shape index (κ2) is 4.52. The van der Waals surface area contributed by atoms with E-state index in [1.807, 2.05) is 0 Å². The molecule has 2 saturated carbocycles. The number of amides is 2. The van der Waals surface area contributed by atoms with E-state index in [0.717, 1.165) is 25.9 Å². The summed E-state index contributed by atoms with van der Waals surface area (Å²) in [5.41, 5.74) is 2.69. The van der Waals surface area contributed by atoms with Crippen molar-refractivity contribution in [3.05, 3.63) is 35.4 Å². The Morgan fingerprint density at radius 1 is 1.29 bits per heavy atom. The Morgan fingerprint density at radius 2 is 2.08 bits per heavy atom. The Kier molecular flexibility index (Phi) is 2.70. The zero-order chi connectivity index (χ0) is 16.5. The summed E-state index contributed by atoms with van der Waals surface area (Å²) in [6.45, 7) is 4.32. The number of alkyl carbamates (subject to hydrolysis) is 1. The molecule has 5 rings (SSSR count). The van der Waals surface area contributed by atoms with Crippen molar-refractivity contribution in [3.63, 3.8) is 0 Å². The summed E-state index contributed by atoms with van der Waals surface area (Å²) in [6, 6.07) is 8.58. The predicted molar refractivity (Wildman–Crippen MR) is 87.5 cm³/mol. The fourth-order valence-corrected chi connectivity index (χ4v) is 5.23. The molecule has 24 heavy (non-hydrogen) atoms. The van der Waals surface area contributed by atoms with E-state index in [1.165, 1.54) is 17.5 Å². The lowest BCUT2D eigenvalue weighted by Gasteiger charge is -2.43. The largest absolute Gasteiger partial charge is 0.447 e. The lowest BCUT2D eigenvalue weighted by atomic mass is 9.68. The fraction of sp³-hybridized carbons (Fsp3) is 0.579. The zero-order valence-corrected chi connectivity index (χ0v) is 13.9. The van der Waals surface area contributed by atoms with Crippen LogP contribution in [0.3, 0.4) is 0 Å². The third kappa shape index (κ3) is 1.87. The van der Waals surface area contributed by atoms with E-state index >= 15 is 0 Å². The molecule has 1 aromatic carbocycles. The summed E-state index contributed by atoms with van der Waals surface area (Å²) >= 11 is 0. The van der Waals surface area contributed by atoms with Crippen LogP contribution in [0.2, 0.25) is 0 Å². The van der Waals surface area contributed by atoms with E-state index in [2.05, 4.69) is 41.4 Å². The topological polar surface area (TPSA) is 58.6 Å². The van der Waals surface area contributed by atoms with Gasteiger partial charge >= 0.3 is 6.09 Å². The average Bonchev–Trinajstić information content (AvgIpc) is 2.90. The molecule has 2 unspecified atom stereocenters. The van der Waals surface area contributed by atoms with Crippen molar-refractivity contribution in [1.82, 2.24) is 10.2 Å². The maximum absolute atomic E-state index is 12.8. The third-order valence-electron chi connectivity index (χ3n) is 6.61. The van der Waals surface area contributed by atoms with E-state index in [9.17, 15) is 9.59 Å². The van der Waals surface area contributed by atoms with Crippen molar-refractivity contribution in [2.45, 2.75) is 37.1 Å². The van der Waals surface area contributed by atoms with Crippen LogP contribution < -0.4 is 5.32 Å². The second-order valence-corrected chi connectivity index (χ2v) is 8.18. The minimum Gasteiger partial charge on any atom is -0.447 e. The molecule has 126 valence electrons. The van der Waals surface area contributed by atoms with Gasteiger partial charge in [-0.05, 0) is 43.2 Å². The standard InChI is InChI=1S/C19H22N2O3/c1-12-4-2-3-5-15(12)19-8-14(19)9-21(10-19)16(22)13-6-18(7-13)11-24-17(23)20-18/h2-5,13-14H,6-11H2,1H3,(H,20,23). The molecule has 0 radical (unpaired) electrons. The molecule has 2 atom stereocenters. The van der Waals surface area contributed by atoms with Gasteiger partial charge in [-0.25, -0.2) is 4.79 Å². The summed E-state index contributed by atoms with van der Waals surface area (Å²) in [5, 5.41) is 2.87. The van der Waals surface area contributed by atoms with Gasteiger partial charge in [0.2, 0.25) is 5.91 Å². The van der Waals surface area contributed by atoms with Gasteiger partial charge in [0.05, 0.1) is 5.54 Å². The summed E-state index contributed by atoms with van der Waals surface area (Å²) in [6.07, 6.45) is 2.30. The number of likely N-dealkylation sites (tertiary alicyclic amines) is 1.